The number of azo groups is 1. The van der Waals surface area contributed by atoms with Crippen LogP contribution in [0.4, 0.5) is 11.4 Å². The van der Waals surface area contributed by atoms with Crippen LogP contribution in [0.2, 0.25) is 5.02 Å². The van der Waals surface area contributed by atoms with Crippen molar-refractivity contribution in [2.75, 3.05) is 38.3 Å². The topological polar surface area (TPSA) is 31.0 Å². The molecule has 1 heterocycles. The van der Waals surface area contributed by atoms with Crippen LogP contribution in [0.3, 0.4) is 0 Å². The lowest BCUT2D eigenvalue weighted by Crippen LogP contribution is -2.08. The highest BCUT2D eigenvalue weighted by atomic mass is 35.5. The molecular formula is C12H16ClN4S+. The fourth-order valence-electron chi connectivity index (χ4n) is 1.54. The Bertz CT molecular complexity index is 511. The van der Waals surface area contributed by atoms with Crippen LogP contribution >= 0.6 is 23.4 Å². The van der Waals surface area contributed by atoms with Gasteiger partial charge >= 0.3 is 5.17 Å². The number of hydrogen-bond donors (Lipinski definition) is 0. The van der Waals surface area contributed by atoms with Crippen LogP contribution in [0.25, 0.3) is 0 Å². The summed E-state index contributed by atoms with van der Waals surface area (Å²) in [6, 6.07) is 5.77. The smallest absolute Gasteiger partial charge is 0.378 e. The van der Waals surface area contributed by atoms with E-state index in [1.165, 1.54) is 0 Å². The Kier molecular flexibility index (Phi) is 4.24. The molecule has 0 unspecified atom stereocenters. The number of anilines is 1. The van der Waals surface area contributed by atoms with Gasteiger partial charge in [0.05, 0.1) is 23.7 Å². The maximum atomic E-state index is 6.19. The van der Waals surface area contributed by atoms with Gasteiger partial charge in [0.2, 0.25) is 0 Å². The summed E-state index contributed by atoms with van der Waals surface area (Å²) in [7, 11) is 5.98. The molecule has 1 aromatic rings. The molecule has 4 nitrogen and oxygen atoms in total. The summed E-state index contributed by atoms with van der Waals surface area (Å²) in [5.74, 6) is 1.07. The molecular weight excluding hydrogens is 268 g/mol. The van der Waals surface area contributed by atoms with Crippen LogP contribution in [0.15, 0.2) is 28.4 Å². The van der Waals surface area contributed by atoms with Crippen molar-refractivity contribution in [1.82, 2.24) is 0 Å². The minimum Gasteiger partial charge on any atom is -0.378 e. The van der Waals surface area contributed by atoms with Crippen molar-refractivity contribution in [3.8, 4) is 0 Å². The first kappa shape index (κ1) is 13.4. The minimum absolute atomic E-state index is 0.621. The monoisotopic (exact) mass is 283 g/mol. The molecule has 18 heavy (non-hydrogen) atoms. The molecule has 0 atom stereocenters. The van der Waals surface area contributed by atoms with E-state index in [2.05, 4.69) is 14.8 Å². The summed E-state index contributed by atoms with van der Waals surface area (Å²) in [5, 5.41) is 10.0. The highest BCUT2D eigenvalue weighted by molar-refractivity contribution is 8.13. The highest BCUT2D eigenvalue weighted by Crippen LogP contribution is 2.29. The molecule has 96 valence electrons. The average Bonchev–Trinajstić information content (AvgIpc) is 2.73. The minimum atomic E-state index is 0.621. The van der Waals surface area contributed by atoms with Gasteiger partial charge in [-0.25, -0.2) is 0 Å². The van der Waals surface area contributed by atoms with Gasteiger partial charge in [-0.05, 0) is 35.1 Å². The van der Waals surface area contributed by atoms with Crippen molar-refractivity contribution in [2.45, 2.75) is 0 Å². The SMILES string of the molecule is CN(C)c1ccc(N=NC2=[N+](C)CCS2)c(Cl)c1. The molecule has 0 N–H and O–H groups in total. The summed E-state index contributed by atoms with van der Waals surface area (Å²) in [6.07, 6.45) is 0. The Balaban J connectivity index is 2.20. The van der Waals surface area contributed by atoms with Gasteiger partial charge in [-0.2, -0.15) is 0 Å². The molecule has 1 aromatic carbocycles. The second-order valence-electron chi connectivity index (χ2n) is 4.28. The summed E-state index contributed by atoms with van der Waals surface area (Å²) in [4.78, 5) is 2.00. The van der Waals surface area contributed by atoms with E-state index in [-0.39, 0.29) is 0 Å². The Labute approximate surface area is 116 Å². The van der Waals surface area contributed by atoms with Crippen LogP contribution in [-0.4, -0.2) is 43.2 Å². The standard InChI is InChI=1S/C12H16ClN4S/c1-16(2)9-4-5-11(10(13)8-9)14-15-12-17(3)6-7-18-12/h4-5,8H,6-7H2,1-3H3/q+1. The van der Waals surface area contributed by atoms with E-state index in [0.717, 1.165) is 23.2 Å². The molecule has 0 saturated heterocycles. The summed E-state index contributed by atoms with van der Waals surface area (Å²) < 4.78 is 2.09. The first-order chi connectivity index (χ1) is 8.58. The summed E-state index contributed by atoms with van der Waals surface area (Å²) in [5.41, 5.74) is 1.76. The van der Waals surface area contributed by atoms with Crippen molar-refractivity contribution >= 4 is 39.9 Å². The van der Waals surface area contributed by atoms with Crippen LogP contribution < -0.4 is 4.90 Å². The number of amidine groups is 1. The molecule has 0 aromatic heterocycles. The lowest BCUT2D eigenvalue weighted by Gasteiger charge is -2.12. The fraction of sp³-hybridized carbons (Fsp3) is 0.417. The van der Waals surface area contributed by atoms with Crippen molar-refractivity contribution < 1.29 is 4.58 Å². The first-order valence-corrected chi connectivity index (χ1v) is 7.04. The molecule has 0 aliphatic carbocycles. The molecule has 0 fully saturated rings. The zero-order valence-electron chi connectivity index (χ0n) is 10.7. The third kappa shape index (κ3) is 3.03. The largest absolute Gasteiger partial charge is 0.381 e. The quantitative estimate of drug-likeness (QED) is 0.616. The summed E-state index contributed by atoms with van der Waals surface area (Å²) in [6.45, 7) is 1.02. The van der Waals surface area contributed by atoms with E-state index in [9.17, 15) is 0 Å². The number of thioether (sulfide) groups is 1. The van der Waals surface area contributed by atoms with Crippen molar-refractivity contribution in [3.05, 3.63) is 23.2 Å². The molecule has 0 bridgehead atoms. The van der Waals surface area contributed by atoms with Crippen molar-refractivity contribution in [3.63, 3.8) is 0 Å². The van der Waals surface area contributed by atoms with Crippen molar-refractivity contribution in [2.24, 2.45) is 10.2 Å². The third-order valence-corrected chi connectivity index (χ3v) is 4.02. The van der Waals surface area contributed by atoms with Crippen LogP contribution in [0.5, 0.6) is 0 Å². The van der Waals surface area contributed by atoms with Crippen LogP contribution in [0, 0.1) is 0 Å². The number of halogens is 1. The lowest BCUT2D eigenvalue weighted by atomic mass is 10.3. The normalized spacial score (nSPS) is 15.8. The van der Waals surface area contributed by atoms with Crippen LogP contribution in [0.1, 0.15) is 0 Å². The lowest BCUT2D eigenvalue weighted by molar-refractivity contribution is -0.487. The Morgan fingerprint density at radius 2 is 2.11 bits per heavy atom. The predicted octanol–water partition coefficient (Wildman–Crippen LogP) is 3.23. The molecule has 2 rings (SSSR count). The molecule has 1 aliphatic rings. The van der Waals surface area contributed by atoms with Crippen molar-refractivity contribution in [1.29, 1.82) is 0 Å². The number of rotatable bonds is 2. The van der Waals surface area contributed by atoms with Crippen LogP contribution in [-0.2, 0) is 0 Å². The van der Waals surface area contributed by atoms with Gasteiger partial charge in [-0.3, -0.25) is 4.58 Å². The molecule has 6 heteroatoms. The zero-order valence-corrected chi connectivity index (χ0v) is 12.3. The van der Waals surface area contributed by atoms with Gasteiger partial charge < -0.3 is 4.90 Å². The second-order valence-corrected chi connectivity index (χ2v) is 5.75. The Hall–Kier alpha value is -1.07. The van der Waals surface area contributed by atoms with E-state index < -0.39 is 0 Å². The van der Waals surface area contributed by atoms with E-state index in [1.54, 1.807) is 11.8 Å². The van der Waals surface area contributed by atoms with E-state index in [0.29, 0.717) is 10.7 Å². The average molecular weight is 284 g/mol. The number of hydrogen-bond acceptors (Lipinski definition) is 4. The molecule has 0 spiro atoms. The Morgan fingerprint density at radius 1 is 1.33 bits per heavy atom. The highest BCUT2D eigenvalue weighted by Gasteiger charge is 2.19. The first-order valence-electron chi connectivity index (χ1n) is 5.67. The van der Waals surface area contributed by atoms with Gasteiger partial charge in [-0.15, -0.1) is 0 Å². The number of nitrogens with zero attached hydrogens (tertiary/aromatic N) is 4. The molecule has 0 amide bonds. The molecule has 1 aliphatic heterocycles. The third-order valence-electron chi connectivity index (χ3n) is 2.68. The molecule has 0 radical (unpaired) electrons. The fourth-order valence-corrected chi connectivity index (χ4v) is 2.71. The summed E-state index contributed by atoms with van der Waals surface area (Å²) >= 11 is 7.90. The number of benzene rings is 1. The van der Waals surface area contributed by atoms with Gasteiger partial charge in [0.25, 0.3) is 0 Å². The van der Waals surface area contributed by atoms with Gasteiger partial charge in [0.1, 0.15) is 5.69 Å². The van der Waals surface area contributed by atoms with Gasteiger partial charge in [0, 0.05) is 25.5 Å². The van der Waals surface area contributed by atoms with Gasteiger partial charge in [0.15, 0.2) is 0 Å². The molecule has 0 saturated carbocycles. The second kappa shape index (κ2) is 5.71. The maximum absolute atomic E-state index is 6.19. The maximum Gasteiger partial charge on any atom is 0.381 e. The van der Waals surface area contributed by atoms with E-state index in [4.69, 9.17) is 11.6 Å². The van der Waals surface area contributed by atoms with E-state index in [1.807, 2.05) is 44.2 Å². The predicted molar refractivity (Wildman–Crippen MR) is 78.8 cm³/mol. The van der Waals surface area contributed by atoms with E-state index >= 15 is 0 Å². The zero-order chi connectivity index (χ0) is 13.1. The van der Waals surface area contributed by atoms with Gasteiger partial charge in [-0.1, -0.05) is 11.6 Å². The Morgan fingerprint density at radius 3 is 2.67 bits per heavy atom.